The first-order valence-corrected chi connectivity index (χ1v) is 11.1. The van der Waals surface area contributed by atoms with E-state index in [1.807, 2.05) is 17.0 Å². The van der Waals surface area contributed by atoms with Gasteiger partial charge in [-0.25, -0.2) is 4.79 Å². The summed E-state index contributed by atoms with van der Waals surface area (Å²) in [6.45, 7) is 2.22. The van der Waals surface area contributed by atoms with Crippen molar-refractivity contribution in [2.24, 2.45) is 0 Å². The first kappa shape index (κ1) is 19.2. The largest absolute Gasteiger partial charge is 0.349 e. The zero-order valence-corrected chi connectivity index (χ0v) is 16.9. The van der Waals surface area contributed by atoms with Crippen LogP contribution in [0.2, 0.25) is 0 Å². The van der Waals surface area contributed by atoms with E-state index in [4.69, 9.17) is 0 Å². The number of likely N-dealkylation sites (tertiary alicyclic amines) is 1. The molecule has 1 amide bonds. The highest BCUT2D eigenvalue weighted by Crippen LogP contribution is 2.29. The molecule has 1 aliphatic carbocycles. The number of hydrogen-bond donors (Lipinski definition) is 0. The summed E-state index contributed by atoms with van der Waals surface area (Å²) in [5.74, 6) is 0.533. The minimum absolute atomic E-state index is 0.167. The molecule has 0 aromatic carbocycles. The molecule has 7 heteroatoms. The van der Waals surface area contributed by atoms with Gasteiger partial charge in [-0.3, -0.25) is 14.3 Å². The van der Waals surface area contributed by atoms with Crippen molar-refractivity contribution in [1.82, 2.24) is 19.4 Å². The van der Waals surface area contributed by atoms with Crippen molar-refractivity contribution in [2.45, 2.75) is 56.5 Å². The van der Waals surface area contributed by atoms with Crippen molar-refractivity contribution in [2.75, 3.05) is 18.8 Å². The second-order valence-corrected chi connectivity index (χ2v) is 8.47. The molecular weight excluding hydrogens is 372 g/mol. The Balaban J connectivity index is 1.51. The van der Waals surface area contributed by atoms with Crippen LogP contribution in [0.3, 0.4) is 0 Å². The predicted octanol–water partition coefficient (Wildman–Crippen LogP) is 2.67. The number of amides is 1. The molecule has 148 valence electrons. The summed E-state index contributed by atoms with van der Waals surface area (Å²) in [6.07, 6.45) is 11.0. The van der Waals surface area contributed by atoms with Crippen molar-refractivity contribution in [3.8, 4) is 0 Å². The first-order valence-electron chi connectivity index (χ1n) is 10.1. The molecule has 2 aromatic rings. The third-order valence-electron chi connectivity index (χ3n) is 5.56. The van der Waals surface area contributed by atoms with Crippen LogP contribution in [0.1, 0.15) is 48.9 Å². The van der Waals surface area contributed by atoms with Crippen LogP contribution < -0.4 is 5.69 Å². The van der Waals surface area contributed by atoms with Crippen molar-refractivity contribution in [3.63, 3.8) is 0 Å². The Bertz CT molecular complexity index is 889. The molecular formula is C21H26N4O2S. The number of aromatic nitrogens is 3. The van der Waals surface area contributed by atoms with Gasteiger partial charge in [-0.05, 0) is 43.7 Å². The number of thioether (sulfide) groups is 1. The molecule has 2 aliphatic rings. The maximum absolute atomic E-state index is 12.7. The number of rotatable bonds is 5. The van der Waals surface area contributed by atoms with E-state index in [1.54, 1.807) is 17.0 Å². The Kier molecular flexibility index (Phi) is 6.10. The van der Waals surface area contributed by atoms with Crippen LogP contribution >= 0.6 is 11.8 Å². The molecule has 28 heavy (non-hydrogen) atoms. The molecule has 2 aromatic heterocycles. The maximum atomic E-state index is 12.7. The van der Waals surface area contributed by atoms with E-state index in [0.717, 1.165) is 67.0 Å². The van der Waals surface area contributed by atoms with Gasteiger partial charge in [0.05, 0.1) is 12.3 Å². The van der Waals surface area contributed by atoms with Crippen molar-refractivity contribution >= 4 is 17.7 Å². The van der Waals surface area contributed by atoms with Crippen LogP contribution in [0.25, 0.3) is 0 Å². The third-order valence-corrected chi connectivity index (χ3v) is 6.56. The SMILES string of the molecule is O=C(CSc1nc(=O)n(Cc2cccnc2)c2c1CCC2)N1CCCCCC1. The van der Waals surface area contributed by atoms with Crippen LogP contribution in [0, 0.1) is 0 Å². The summed E-state index contributed by atoms with van der Waals surface area (Å²) in [5.41, 5.74) is 3.00. The van der Waals surface area contributed by atoms with Crippen LogP contribution in [0.4, 0.5) is 0 Å². The van der Waals surface area contributed by atoms with Gasteiger partial charge in [0.25, 0.3) is 0 Å². The average Bonchev–Trinajstić information content (AvgIpc) is 3.04. The van der Waals surface area contributed by atoms with Gasteiger partial charge in [0.1, 0.15) is 5.03 Å². The number of fused-ring (bicyclic) bond motifs is 1. The third kappa shape index (κ3) is 4.29. The monoisotopic (exact) mass is 398 g/mol. The van der Waals surface area contributed by atoms with Gasteiger partial charge in [-0.15, -0.1) is 0 Å². The Hall–Kier alpha value is -2.15. The molecule has 1 saturated heterocycles. The Labute approximate surface area is 169 Å². The lowest BCUT2D eigenvalue weighted by Crippen LogP contribution is -2.33. The molecule has 0 radical (unpaired) electrons. The molecule has 0 saturated carbocycles. The van der Waals surface area contributed by atoms with Crippen molar-refractivity contribution < 1.29 is 4.79 Å². The van der Waals surface area contributed by atoms with E-state index in [1.165, 1.54) is 24.6 Å². The Morgan fingerprint density at radius 1 is 1.11 bits per heavy atom. The Morgan fingerprint density at radius 3 is 2.68 bits per heavy atom. The lowest BCUT2D eigenvalue weighted by molar-refractivity contribution is -0.128. The molecule has 0 atom stereocenters. The number of carbonyl (C=O) groups is 1. The van der Waals surface area contributed by atoms with Crippen molar-refractivity contribution in [1.29, 1.82) is 0 Å². The predicted molar refractivity (Wildman–Crippen MR) is 110 cm³/mol. The van der Waals surface area contributed by atoms with Gasteiger partial charge in [-0.2, -0.15) is 4.98 Å². The smallest absolute Gasteiger partial charge is 0.342 e. The lowest BCUT2D eigenvalue weighted by atomic mass is 10.2. The lowest BCUT2D eigenvalue weighted by Gasteiger charge is -2.20. The highest BCUT2D eigenvalue weighted by atomic mass is 32.2. The molecule has 0 spiro atoms. The van der Waals surface area contributed by atoms with Gasteiger partial charge in [0, 0.05) is 36.7 Å². The first-order chi connectivity index (χ1) is 13.7. The fourth-order valence-electron chi connectivity index (χ4n) is 4.08. The number of carbonyl (C=O) groups excluding carboxylic acids is 1. The normalized spacial score (nSPS) is 16.6. The van der Waals surface area contributed by atoms with Crippen molar-refractivity contribution in [3.05, 3.63) is 51.8 Å². The van der Waals surface area contributed by atoms with E-state index in [9.17, 15) is 9.59 Å². The molecule has 0 unspecified atom stereocenters. The fourth-order valence-corrected chi connectivity index (χ4v) is 5.06. The van der Waals surface area contributed by atoms with Gasteiger partial charge in [-0.1, -0.05) is 30.7 Å². The van der Waals surface area contributed by atoms with E-state index in [2.05, 4.69) is 9.97 Å². The highest BCUT2D eigenvalue weighted by Gasteiger charge is 2.23. The summed E-state index contributed by atoms with van der Waals surface area (Å²) < 4.78 is 1.78. The van der Waals surface area contributed by atoms with Gasteiger partial charge < -0.3 is 4.90 Å². The summed E-state index contributed by atoms with van der Waals surface area (Å²) in [5, 5.41) is 0.753. The topological polar surface area (TPSA) is 68.1 Å². The summed E-state index contributed by atoms with van der Waals surface area (Å²) >= 11 is 1.44. The molecule has 1 aliphatic heterocycles. The molecule has 0 N–H and O–H groups in total. The van der Waals surface area contributed by atoms with Crippen LogP contribution in [-0.2, 0) is 24.2 Å². The average molecular weight is 399 g/mol. The minimum Gasteiger partial charge on any atom is -0.342 e. The van der Waals surface area contributed by atoms with E-state index in [-0.39, 0.29) is 11.6 Å². The molecule has 0 bridgehead atoms. The molecule has 4 rings (SSSR count). The fraction of sp³-hybridized carbons (Fsp3) is 0.524. The van der Waals surface area contributed by atoms with Crippen LogP contribution in [-0.4, -0.2) is 44.2 Å². The highest BCUT2D eigenvalue weighted by molar-refractivity contribution is 7.99. The van der Waals surface area contributed by atoms with Gasteiger partial charge >= 0.3 is 5.69 Å². The van der Waals surface area contributed by atoms with E-state index < -0.39 is 0 Å². The number of pyridine rings is 1. The zero-order valence-electron chi connectivity index (χ0n) is 16.1. The molecule has 6 nitrogen and oxygen atoms in total. The second kappa shape index (κ2) is 8.90. The zero-order chi connectivity index (χ0) is 19.3. The molecule has 3 heterocycles. The Morgan fingerprint density at radius 2 is 1.93 bits per heavy atom. The second-order valence-electron chi connectivity index (χ2n) is 7.51. The summed E-state index contributed by atoms with van der Waals surface area (Å²) in [4.78, 5) is 35.8. The van der Waals surface area contributed by atoms with Crippen LogP contribution in [0.15, 0.2) is 34.3 Å². The molecule has 1 fully saturated rings. The summed E-state index contributed by atoms with van der Waals surface area (Å²) in [6, 6.07) is 3.86. The maximum Gasteiger partial charge on any atom is 0.349 e. The number of nitrogens with zero attached hydrogens (tertiary/aromatic N) is 4. The minimum atomic E-state index is -0.228. The summed E-state index contributed by atoms with van der Waals surface area (Å²) in [7, 11) is 0. The standard InChI is InChI=1S/C21H26N4O2S/c26-19(24-11-3-1-2-4-12-24)15-28-20-17-8-5-9-18(17)25(21(27)23-20)14-16-7-6-10-22-13-16/h6-7,10,13H,1-5,8-9,11-12,14-15H2. The van der Waals surface area contributed by atoms with Gasteiger partial charge in [0.2, 0.25) is 5.91 Å². The van der Waals surface area contributed by atoms with E-state index >= 15 is 0 Å². The number of hydrogen-bond acceptors (Lipinski definition) is 5. The van der Waals surface area contributed by atoms with Gasteiger partial charge in [0.15, 0.2) is 0 Å². The van der Waals surface area contributed by atoms with E-state index in [0.29, 0.717) is 12.3 Å². The quantitative estimate of drug-likeness (QED) is 0.572. The van der Waals surface area contributed by atoms with Crippen LogP contribution in [0.5, 0.6) is 0 Å².